The van der Waals surface area contributed by atoms with Gasteiger partial charge in [-0.2, -0.15) is 0 Å². The quantitative estimate of drug-likeness (QED) is 0.441. The minimum absolute atomic E-state index is 0.261. The Hall–Kier alpha value is 0.580. The molecule has 1 aliphatic heterocycles. The van der Waals surface area contributed by atoms with Crippen LogP contribution in [0.1, 0.15) is 23.0 Å². The third kappa shape index (κ3) is 5.12. The minimum atomic E-state index is 0.261. The van der Waals surface area contributed by atoms with E-state index in [1.165, 1.54) is 29.1 Å². The molecule has 1 nitrogen and oxygen atoms in total. The molecule has 106 valence electrons. The van der Waals surface area contributed by atoms with Gasteiger partial charge in [0.1, 0.15) is 0 Å². The fraction of sp³-hybridized carbons (Fsp3) is 0.571. The summed E-state index contributed by atoms with van der Waals surface area (Å²) in [6, 6.07) is 9.01. The first-order valence-electron chi connectivity index (χ1n) is 6.43. The van der Waals surface area contributed by atoms with E-state index in [1.807, 2.05) is 0 Å². The van der Waals surface area contributed by atoms with Gasteiger partial charge in [-0.15, -0.1) is 47.0 Å². The first-order valence-corrected chi connectivity index (χ1v) is 10.8. The van der Waals surface area contributed by atoms with Crippen molar-refractivity contribution in [3.63, 3.8) is 0 Å². The summed E-state index contributed by atoms with van der Waals surface area (Å²) in [5.41, 5.74) is 1.46. The molecule has 0 saturated carbocycles. The summed E-state index contributed by atoms with van der Waals surface area (Å²) in [4.78, 5) is 1.34. The molecule has 2 rings (SSSR count). The monoisotopic (exact) mass is 332 g/mol. The van der Waals surface area contributed by atoms with Gasteiger partial charge in [-0.05, 0) is 42.5 Å². The number of aliphatic hydroxyl groups excluding tert-OH is 1. The molecule has 0 radical (unpaired) electrons. The van der Waals surface area contributed by atoms with Crippen LogP contribution in [0.25, 0.3) is 0 Å². The fourth-order valence-electron chi connectivity index (χ4n) is 2.01. The minimum Gasteiger partial charge on any atom is -0.386 e. The molecular weight excluding hydrogens is 312 g/mol. The Bertz CT molecular complexity index is 368. The second-order valence-electron chi connectivity index (χ2n) is 4.38. The van der Waals surface area contributed by atoms with E-state index in [1.54, 1.807) is 23.5 Å². The Labute approximate surface area is 133 Å². The third-order valence-corrected chi connectivity index (χ3v) is 7.98. The average Bonchev–Trinajstić information content (AvgIpc) is 2.92. The Kier molecular flexibility index (Phi) is 7.37. The predicted molar refractivity (Wildman–Crippen MR) is 93.6 cm³/mol. The summed E-state index contributed by atoms with van der Waals surface area (Å²) < 4.78 is 0.617. The smallest absolute Gasteiger partial charge is 0.0885 e. The largest absolute Gasteiger partial charge is 0.386 e. The van der Waals surface area contributed by atoms with Crippen molar-refractivity contribution in [2.24, 2.45) is 0 Å². The topological polar surface area (TPSA) is 20.2 Å². The zero-order chi connectivity index (χ0) is 13.5. The highest BCUT2D eigenvalue weighted by Gasteiger charge is 2.26. The van der Waals surface area contributed by atoms with E-state index in [-0.39, 0.29) is 5.94 Å². The van der Waals surface area contributed by atoms with Crippen molar-refractivity contribution >= 4 is 47.0 Å². The Morgan fingerprint density at radius 1 is 1.32 bits per heavy atom. The first kappa shape index (κ1) is 16.0. The molecule has 0 aromatic heterocycles. The molecule has 19 heavy (non-hydrogen) atoms. The van der Waals surface area contributed by atoms with Crippen LogP contribution in [0, 0.1) is 0 Å². The van der Waals surface area contributed by atoms with Gasteiger partial charge in [0, 0.05) is 15.9 Å². The normalized spacial score (nSPS) is 22.8. The van der Waals surface area contributed by atoms with Gasteiger partial charge in [0.2, 0.25) is 0 Å². The molecule has 1 aromatic rings. The van der Waals surface area contributed by atoms with Gasteiger partial charge in [0.15, 0.2) is 0 Å². The maximum Gasteiger partial charge on any atom is 0.0885 e. The van der Waals surface area contributed by atoms with E-state index in [9.17, 15) is 0 Å². The molecule has 5 heteroatoms. The molecule has 1 N–H and O–H groups in total. The van der Waals surface area contributed by atoms with Crippen LogP contribution in [0.2, 0.25) is 0 Å². The second-order valence-corrected chi connectivity index (χ2v) is 9.18. The van der Waals surface area contributed by atoms with Crippen molar-refractivity contribution in [1.82, 2.24) is 0 Å². The zero-order valence-corrected chi connectivity index (χ0v) is 14.3. The number of thioether (sulfide) groups is 4. The average molecular weight is 333 g/mol. The lowest BCUT2D eigenvalue weighted by atomic mass is 10.2. The van der Waals surface area contributed by atoms with Crippen molar-refractivity contribution in [1.29, 1.82) is 0 Å². The summed E-state index contributed by atoms with van der Waals surface area (Å²) in [6.07, 6.45) is 4.63. The summed E-state index contributed by atoms with van der Waals surface area (Å²) >= 11 is 7.63. The van der Waals surface area contributed by atoms with Gasteiger partial charge in [-0.3, -0.25) is 0 Å². The summed E-state index contributed by atoms with van der Waals surface area (Å²) in [6.45, 7) is 0. The van der Waals surface area contributed by atoms with Gasteiger partial charge in [-0.25, -0.2) is 0 Å². The SMILES string of the molecule is CSc1ccc(C2SCC(CCCSCO)S2)cc1. The Morgan fingerprint density at radius 3 is 2.79 bits per heavy atom. The molecule has 2 unspecified atom stereocenters. The van der Waals surface area contributed by atoms with Crippen LogP contribution in [-0.4, -0.2) is 34.1 Å². The van der Waals surface area contributed by atoms with Crippen molar-refractivity contribution in [3.8, 4) is 0 Å². The van der Waals surface area contributed by atoms with Crippen LogP contribution in [0.15, 0.2) is 29.2 Å². The predicted octanol–water partition coefficient (Wildman–Crippen LogP) is 4.72. The lowest BCUT2D eigenvalue weighted by molar-refractivity contribution is 0.375. The summed E-state index contributed by atoms with van der Waals surface area (Å²) in [5, 5.41) is 9.53. The number of hydrogen-bond donors (Lipinski definition) is 1. The molecule has 1 fully saturated rings. The van der Waals surface area contributed by atoms with Crippen molar-refractivity contribution in [3.05, 3.63) is 29.8 Å². The van der Waals surface area contributed by atoms with E-state index in [0.717, 1.165) is 11.0 Å². The summed E-state index contributed by atoms with van der Waals surface area (Å²) in [7, 11) is 0. The molecule has 1 heterocycles. The fourth-order valence-corrected chi connectivity index (χ4v) is 6.36. The highest BCUT2D eigenvalue weighted by Crippen LogP contribution is 2.50. The highest BCUT2D eigenvalue weighted by atomic mass is 32.2. The number of benzene rings is 1. The third-order valence-electron chi connectivity index (χ3n) is 3.04. The lowest BCUT2D eigenvalue weighted by Gasteiger charge is -2.11. The van der Waals surface area contributed by atoms with Crippen LogP contribution in [0.5, 0.6) is 0 Å². The Morgan fingerprint density at radius 2 is 2.11 bits per heavy atom. The molecule has 0 aliphatic carbocycles. The number of aliphatic hydroxyl groups is 1. The van der Waals surface area contributed by atoms with Crippen molar-refractivity contribution in [2.45, 2.75) is 27.6 Å². The van der Waals surface area contributed by atoms with Gasteiger partial charge in [-0.1, -0.05) is 12.1 Å². The zero-order valence-electron chi connectivity index (χ0n) is 11.1. The molecule has 1 saturated heterocycles. The van der Waals surface area contributed by atoms with Gasteiger partial charge in [0.05, 0.1) is 10.5 Å². The van der Waals surface area contributed by atoms with E-state index < -0.39 is 0 Å². The van der Waals surface area contributed by atoms with Crippen LogP contribution in [-0.2, 0) is 0 Å². The highest BCUT2D eigenvalue weighted by molar-refractivity contribution is 8.19. The van der Waals surface area contributed by atoms with Crippen molar-refractivity contribution in [2.75, 3.05) is 23.7 Å². The van der Waals surface area contributed by atoms with Crippen LogP contribution in [0.3, 0.4) is 0 Å². The molecule has 0 spiro atoms. The maximum absolute atomic E-state index is 8.74. The lowest BCUT2D eigenvalue weighted by Crippen LogP contribution is -2.01. The van der Waals surface area contributed by atoms with Crippen LogP contribution < -0.4 is 0 Å². The van der Waals surface area contributed by atoms with Gasteiger partial charge >= 0.3 is 0 Å². The molecular formula is C14H20OS4. The molecule has 1 aromatic carbocycles. The van der Waals surface area contributed by atoms with Gasteiger partial charge in [0.25, 0.3) is 0 Å². The first-order chi connectivity index (χ1) is 9.33. The van der Waals surface area contributed by atoms with Crippen LogP contribution >= 0.6 is 47.0 Å². The second kappa shape index (κ2) is 8.78. The van der Waals surface area contributed by atoms with Crippen LogP contribution in [0.4, 0.5) is 0 Å². The van der Waals surface area contributed by atoms with Gasteiger partial charge < -0.3 is 5.11 Å². The summed E-state index contributed by atoms with van der Waals surface area (Å²) in [5.74, 6) is 2.62. The molecule has 0 amide bonds. The van der Waals surface area contributed by atoms with E-state index >= 15 is 0 Å². The molecule has 2 atom stereocenters. The standard InChI is InChI=1S/C14H20OS4/c1-16-12-6-4-11(5-7-12)14-18-9-13(19-14)3-2-8-17-10-15/h4-7,13-15H,2-3,8-10H2,1H3. The molecule has 1 aliphatic rings. The van der Waals surface area contributed by atoms with E-state index in [0.29, 0.717) is 4.58 Å². The van der Waals surface area contributed by atoms with E-state index in [4.69, 9.17) is 5.11 Å². The molecule has 0 bridgehead atoms. The maximum atomic E-state index is 8.74. The Balaban J connectivity index is 1.77. The van der Waals surface area contributed by atoms with E-state index in [2.05, 4.69) is 54.0 Å². The van der Waals surface area contributed by atoms with Crippen molar-refractivity contribution < 1.29 is 5.11 Å². The number of rotatable bonds is 7. The number of hydrogen-bond acceptors (Lipinski definition) is 5.